The lowest BCUT2D eigenvalue weighted by Gasteiger charge is -2.18. The van der Waals surface area contributed by atoms with E-state index in [0.717, 1.165) is 17.7 Å². The second-order valence-electron chi connectivity index (χ2n) is 6.53. The molecule has 0 aliphatic rings. The first-order valence-corrected chi connectivity index (χ1v) is 8.68. The second-order valence-corrected chi connectivity index (χ2v) is 6.53. The summed E-state index contributed by atoms with van der Waals surface area (Å²) in [5.41, 5.74) is 7.55. The molecular formula is C20H39N3O3. The van der Waals surface area contributed by atoms with Crippen molar-refractivity contribution in [3.63, 3.8) is 0 Å². The van der Waals surface area contributed by atoms with Crippen molar-refractivity contribution in [3.8, 4) is 0 Å². The van der Waals surface area contributed by atoms with Gasteiger partial charge < -0.3 is 20.7 Å². The maximum Gasteiger partial charge on any atom is 0.220 e. The van der Waals surface area contributed by atoms with E-state index in [1.165, 1.54) is 4.90 Å². The van der Waals surface area contributed by atoms with Crippen LogP contribution in [0.3, 0.4) is 0 Å². The quantitative estimate of drug-likeness (QED) is 0.615. The van der Waals surface area contributed by atoms with Gasteiger partial charge in [-0.3, -0.25) is 9.59 Å². The zero-order valence-electron chi connectivity index (χ0n) is 17.5. The number of hydrogen-bond donors (Lipinski definition) is 2. The normalized spacial score (nSPS) is 9.04. The van der Waals surface area contributed by atoms with Crippen molar-refractivity contribution in [2.24, 2.45) is 5.41 Å². The lowest BCUT2D eigenvalue weighted by molar-refractivity contribution is -0.123. The average molecular weight is 370 g/mol. The molecule has 1 aromatic rings. The number of carbonyl (C=O) groups excluding carboxylic acids is 3. The molecule has 6 heteroatoms. The second kappa shape index (κ2) is 17.5. The average Bonchev–Trinajstić information content (AvgIpc) is 2.60. The maximum absolute atomic E-state index is 11.3. The number of aryl methyl sites for hydroxylation is 1. The topological polar surface area (TPSA) is 92.5 Å². The number of para-hydroxylation sites is 1. The number of rotatable bonds is 5. The molecule has 152 valence electrons. The van der Waals surface area contributed by atoms with Gasteiger partial charge in [0.1, 0.15) is 6.79 Å². The molecule has 1 rings (SSSR count). The van der Waals surface area contributed by atoms with E-state index in [4.69, 9.17) is 10.5 Å². The highest BCUT2D eigenvalue weighted by molar-refractivity contribution is 5.76. The Kier molecular flexibility index (Phi) is 19.1. The number of likely N-dealkylation sites (N-methyl/N-ethyl adjacent to an activating group) is 1. The summed E-state index contributed by atoms with van der Waals surface area (Å²) in [6.45, 7) is 15.1. The van der Waals surface area contributed by atoms with Gasteiger partial charge in [-0.15, -0.1) is 0 Å². The number of nitrogens with two attached hydrogens (primary N) is 1. The number of anilines is 1. The van der Waals surface area contributed by atoms with Gasteiger partial charge in [0.2, 0.25) is 12.3 Å². The van der Waals surface area contributed by atoms with E-state index in [9.17, 15) is 9.59 Å². The predicted molar refractivity (Wildman–Crippen MR) is 112 cm³/mol. The highest BCUT2D eigenvalue weighted by Gasteiger charge is 2.15. The molecule has 0 spiro atoms. The van der Waals surface area contributed by atoms with Gasteiger partial charge in [-0.1, -0.05) is 52.8 Å². The molecule has 0 unspecified atom stereocenters. The van der Waals surface area contributed by atoms with Crippen LogP contribution in [0.25, 0.3) is 0 Å². The Bertz CT molecular complexity index is 471. The van der Waals surface area contributed by atoms with Crippen molar-refractivity contribution in [2.75, 3.05) is 25.9 Å². The van der Waals surface area contributed by atoms with Gasteiger partial charge >= 0.3 is 0 Å². The van der Waals surface area contributed by atoms with Crippen LogP contribution in [0, 0.1) is 12.3 Å². The number of hydrogen-bond acceptors (Lipinski definition) is 4. The molecule has 0 saturated carbocycles. The number of benzene rings is 1. The molecule has 0 bridgehead atoms. The third-order valence-corrected chi connectivity index (χ3v) is 2.85. The Labute approximate surface area is 160 Å². The van der Waals surface area contributed by atoms with Crippen molar-refractivity contribution in [3.05, 3.63) is 29.8 Å². The van der Waals surface area contributed by atoms with Gasteiger partial charge in [-0.05, 0) is 24.0 Å². The lowest BCUT2D eigenvalue weighted by atomic mass is 9.92. The van der Waals surface area contributed by atoms with Crippen molar-refractivity contribution < 1.29 is 15.8 Å². The minimum Gasteiger partial charge on any atom is -0.399 e. The summed E-state index contributed by atoms with van der Waals surface area (Å²) in [7, 11) is 1.68. The van der Waals surface area contributed by atoms with Crippen LogP contribution in [0.1, 0.15) is 48.0 Å². The molecule has 0 fully saturated rings. The fourth-order valence-electron chi connectivity index (χ4n) is 1.56. The van der Waals surface area contributed by atoms with Crippen molar-refractivity contribution in [1.82, 2.24) is 10.2 Å². The van der Waals surface area contributed by atoms with Crippen molar-refractivity contribution in [1.29, 1.82) is 0 Å². The molecule has 26 heavy (non-hydrogen) atoms. The number of nitrogens with zero attached hydrogens (tertiary/aromatic N) is 1. The number of nitrogen functional groups attached to an aromatic ring is 1. The Morgan fingerprint density at radius 1 is 1.27 bits per heavy atom. The van der Waals surface area contributed by atoms with E-state index in [2.05, 4.69) is 5.32 Å². The van der Waals surface area contributed by atoms with Crippen LogP contribution in [0.5, 0.6) is 0 Å². The fraction of sp³-hybridized carbons (Fsp3) is 0.550. The summed E-state index contributed by atoms with van der Waals surface area (Å²) in [4.78, 5) is 31.0. The van der Waals surface area contributed by atoms with E-state index in [0.29, 0.717) is 19.5 Å². The summed E-state index contributed by atoms with van der Waals surface area (Å²) in [6.07, 6.45) is 1.26. The van der Waals surface area contributed by atoms with Gasteiger partial charge in [0.05, 0.1) is 0 Å². The van der Waals surface area contributed by atoms with Crippen LogP contribution in [0.15, 0.2) is 24.3 Å². The number of amides is 2. The molecule has 0 aromatic heterocycles. The number of carbonyl (C=O) groups is 3. The van der Waals surface area contributed by atoms with Gasteiger partial charge in [-0.2, -0.15) is 0 Å². The van der Waals surface area contributed by atoms with E-state index in [1.54, 1.807) is 7.05 Å². The standard InChI is InChI=1S/C10H20N2O2.C7H9N.C2H6.CH2O.H2/c1-10(2,3)7-9(14)11-5-6-12(4)8-13;1-6-4-2-3-5-7(6)8;2*1-2;/h8H,5-7H2,1-4H3,(H,11,14);2-5H,8H2,1H3;1-2H3;1H2;1H. The van der Waals surface area contributed by atoms with Crippen LogP contribution in [0.4, 0.5) is 5.69 Å². The first-order valence-electron chi connectivity index (χ1n) is 8.68. The first-order chi connectivity index (χ1) is 12.2. The van der Waals surface area contributed by atoms with Gasteiger partial charge in [0.25, 0.3) is 0 Å². The molecular weight excluding hydrogens is 330 g/mol. The van der Waals surface area contributed by atoms with E-state index < -0.39 is 0 Å². The smallest absolute Gasteiger partial charge is 0.220 e. The molecule has 1 aromatic carbocycles. The van der Waals surface area contributed by atoms with Gasteiger partial charge in [-0.25, -0.2) is 0 Å². The zero-order chi connectivity index (χ0) is 21.2. The maximum atomic E-state index is 11.3. The summed E-state index contributed by atoms with van der Waals surface area (Å²) in [5.74, 6) is 0.0387. The van der Waals surface area contributed by atoms with Crippen molar-refractivity contribution in [2.45, 2.75) is 48.0 Å². The Morgan fingerprint density at radius 3 is 2.12 bits per heavy atom. The molecule has 0 atom stereocenters. The summed E-state index contributed by atoms with van der Waals surface area (Å²) in [6, 6.07) is 7.80. The van der Waals surface area contributed by atoms with E-state index >= 15 is 0 Å². The molecule has 0 radical (unpaired) electrons. The van der Waals surface area contributed by atoms with Crippen LogP contribution in [0.2, 0.25) is 0 Å². The molecule has 6 nitrogen and oxygen atoms in total. The number of nitrogens with one attached hydrogen (secondary N) is 1. The monoisotopic (exact) mass is 369 g/mol. The summed E-state index contributed by atoms with van der Waals surface area (Å²) in [5, 5.41) is 2.76. The van der Waals surface area contributed by atoms with Crippen LogP contribution < -0.4 is 11.1 Å². The highest BCUT2D eigenvalue weighted by Crippen LogP contribution is 2.17. The lowest BCUT2D eigenvalue weighted by Crippen LogP contribution is -2.34. The van der Waals surface area contributed by atoms with E-state index in [-0.39, 0.29) is 12.7 Å². The van der Waals surface area contributed by atoms with Crippen LogP contribution in [-0.4, -0.2) is 44.1 Å². The molecule has 0 heterocycles. The van der Waals surface area contributed by atoms with E-state index in [1.807, 2.05) is 72.6 Å². The molecule has 3 N–H and O–H groups in total. The molecule has 0 aliphatic carbocycles. The Balaban J connectivity index is -0.000000173. The fourth-order valence-corrected chi connectivity index (χ4v) is 1.56. The summed E-state index contributed by atoms with van der Waals surface area (Å²) < 4.78 is 0. The van der Waals surface area contributed by atoms with Crippen LogP contribution in [-0.2, 0) is 14.4 Å². The predicted octanol–water partition coefficient (Wildman–Crippen LogP) is 3.29. The largest absolute Gasteiger partial charge is 0.399 e. The minimum absolute atomic E-state index is 0. The molecule has 0 aliphatic heterocycles. The van der Waals surface area contributed by atoms with Gasteiger partial charge in [0.15, 0.2) is 0 Å². The Morgan fingerprint density at radius 2 is 1.77 bits per heavy atom. The third kappa shape index (κ3) is 19.7. The molecule has 0 saturated heterocycles. The highest BCUT2D eigenvalue weighted by atomic mass is 16.2. The SMILES string of the molecule is C=O.CC.CN(C=O)CCNC(=O)CC(C)(C)C.Cc1ccccc1N.[HH]. The third-order valence-electron chi connectivity index (χ3n) is 2.85. The summed E-state index contributed by atoms with van der Waals surface area (Å²) >= 11 is 0. The molecule has 2 amide bonds. The van der Waals surface area contributed by atoms with Crippen molar-refractivity contribution >= 4 is 24.8 Å². The zero-order valence-corrected chi connectivity index (χ0v) is 17.5. The van der Waals surface area contributed by atoms with Gasteiger partial charge in [0, 0.05) is 33.7 Å². The minimum atomic E-state index is 0. The van der Waals surface area contributed by atoms with Crippen LogP contribution >= 0.6 is 0 Å². The Hall–Kier alpha value is -2.37. The first kappa shape index (κ1) is 28.4.